The van der Waals surface area contributed by atoms with E-state index in [2.05, 4.69) is 33.7 Å². The Morgan fingerprint density at radius 2 is 0.848 bits per heavy atom. The molecule has 0 heterocycles. The number of fused-ring (bicyclic) bond motifs is 2. The minimum Gasteiger partial charge on any atom is -0.535 e. The van der Waals surface area contributed by atoms with Gasteiger partial charge in [0, 0.05) is 10.0 Å². The van der Waals surface area contributed by atoms with E-state index in [1.54, 1.807) is 18.2 Å². The topological polar surface area (TPSA) is 170 Å². The van der Waals surface area contributed by atoms with Gasteiger partial charge in [-0.25, -0.2) is 26.3 Å². The van der Waals surface area contributed by atoms with Crippen LogP contribution in [0.3, 0.4) is 0 Å². The van der Waals surface area contributed by atoms with Crippen LogP contribution >= 0.6 is 15.9 Å². The Bertz CT molecular complexity index is 3800. The molecule has 0 aliphatic heterocycles. The highest BCUT2D eigenvalue weighted by Crippen LogP contribution is 2.41. The summed E-state index contributed by atoms with van der Waals surface area (Å²) in [7, 11) is -7.21. The molecule has 0 atom stereocenters. The summed E-state index contributed by atoms with van der Waals surface area (Å²) in [5, 5.41) is 9.97. The Hall–Kier alpha value is -7.48. The number of alkyl halides is 6. The lowest BCUT2D eigenvalue weighted by atomic mass is 9.96. The zero-order valence-electron chi connectivity index (χ0n) is 39.0. The van der Waals surface area contributed by atoms with Crippen LogP contribution in [0.2, 0.25) is 0 Å². The molecule has 8 rings (SSSR count). The van der Waals surface area contributed by atoms with Crippen LogP contribution < -0.4 is 28.6 Å². The average molecular weight is 1240 g/mol. The van der Waals surface area contributed by atoms with Gasteiger partial charge in [-0.3, -0.25) is 0 Å². The molecule has 0 aliphatic carbocycles. The van der Waals surface area contributed by atoms with Gasteiger partial charge in [-0.05, 0) is 87.8 Å². The average Bonchev–Trinajstić information content (AvgIpc) is 3.47. The van der Waals surface area contributed by atoms with Gasteiger partial charge in [0.1, 0.15) is 21.3 Å². The number of hydrogen-bond acceptors (Lipinski definition) is 11. The number of ether oxygens (including phenoxy) is 2. The van der Waals surface area contributed by atoms with Crippen LogP contribution in [0.1, 0.15) is 11.1 Å². The summed E-state index contributed by atoms with van der Waals surface area (Å²) in [6.45, 7) is 0. The van der Waals surface area contributed by atoms with E-state index in [1.165, 1.54) is 50.6 Å². The number of rotatable bonds is 11. The standard InChI is InChI=1S/C24H12F8O4S.C16H6BrF5O3S.C8H7BF3O3.H3N/c1-35-17-10-12(24(30,31)32)5-7-16(17)15-4-2-3-11-9-13(6-8-14(11)15)37(33,34)36-23-21(28)19(26)18(25)20(27)22(23)29;17-10-3-1-2-7-6-8(4-5-9(7)10)26(23,24)25-16-14(21)12(19)11(18)13(20)15(16)22;1-14-7-4-5(8(10,11)12)2-3-6(7)15-9-13;/h2-10H,1H3;1-6H;2-4,13H,1H3;1H3. The third-order valence-corrected chi connectivity index (χ3v) is 13.6. The lowest BCUT2D eigenvalue weighted by Gasteiger charge is -2.15. The largest absolute Gasteiger partial charge is 0.569 e. The molecule has 0 fully saturated rings. The maximum Gasteiger partial charge on any atom is 0.569 e. The molecule has 419 valence electrons. The molecule has 8 aromatic rings. The second-order valence-electron chi connectivity index (χ2n) is 15.2. The predicted molar refractivity (Wildman–Crippen MR) is 252 cm³/mol. The van der Waals surface area contributed by atoms with E-state index in [1.807, 2.05) is 0 Å². The van der Waals surface area contributed by atoms with Crippen LogP contribution in [0.25, 0.3) is 32.7 Å². The third-order valence-electron chi connectivity index (χ3n) is 10.4. The van der Waals surface area contributed by atoms with Gasteiger partial charge >= 0.3 is 40.3 Å². The minimum atomic E-state index is -5.09. The number of hydrogen-bond donors (Lipinski definition) is 2. The van der Waals surface area contributed by atoms with Gasteiger partial charge in [-0.1, -0.05) is 64.5 Å². The first kappa shape index (κ1) is 62.4. The molecule has 0 bridgehead atoms. The lowest BCUT2D eigenvalue weighted by molar-refractivity contribution is -0.138. The Labute approximate surface area is 443 Å². The molecule has 0 aliphatic rings. The van der Waals surface area contributed by atoms with Crippen LogP contribution in [-0.2, 0) is 32.6 Å². The van der Waals surface area contributed by atoms with Crippen molar-refractivity contribution >= 4 is 65.4 Å². The third kappa shape index (κ3) is 13.3. The van der Waals surface area contributed by atoms with Crippen molar-refractivity contribution in [1.29, 1.82) is 0 Å². The van der Waals surface area contributed by atoms with Crippen molar-refractivity contribution < 1.29 is 115 Å². The highest BCUT2D eigenvalue weighted by atomic mass is 79.9. The second-order valence-corrected chi connectivity index (χ2v) is 19.1. The maximum absolute atomic E-state index is 13.9. The fourth-order valence-electron chi connectivity index (χ4n) is 6.75. The summed E-state index contributed by atoms with van der Waals surface area (Å²) in [5.41, 5.74) is -1.20. The van der Waals surface area contributed by atoms with Crippen molar-refractivity contribution in [3.63, 3.8) is 0 Å². The Morgan fingerprint density at radius 3 is 1.28 bits per heavy atom. The highest BCUT2D eigenvalue weighted by molar-refractivity contribution is 9.10. The molecule has 0 unspecified atom stereocenters. The summed E-state index contributed by atoms with van der Waals surface area (Å²) < 4.78 is 284. The molecule has 31 heteroatoms. The Morgan fingerprint density at radius 1 is 0.456 bits per heavy atom. The number of methoxy groups -OCH3 is 2. The molecule has 4 N–H and O–H groups in total. The summed E-state index contributed by atoms with van der Waals surface area (Å²) in [5.74, 6) is -28.1. The van der Waals surface area contributed by atoms with Gasteiger partial charge in [0.05, 0.1) is 25.3 Å². The molecule has 0 amide bonds. The SMILES string of the molecule is COc1cc(C(F)(F)F)ccc1-c1cccc2cc(S(=O)(=O)Oc3c(F)c(F)c(F)c(F)c3F)ccc12.COc1cc(C(F)(F)F)ccc1O[B]O.N.O=S(=O)(Oc1c(F)c(F)c(F)c(F)c1F)c1ccc2c(Br)cccc2c1. The number of halogens is 17. The fourth-order valence-corrected chi connectivity index (χ4v) is 9.20. The smallest absolute Gasteiger partial charge is 0.535 e. The monoisotopic (exact) mass is 1240 g/mol. The van der Waals surface area contributed by atoms with Gasteiger partial charge in [0.2, 0.25) is 69.7 Å². The van der Waals surface area contributed by atoms with Crippen LogP contribution in [0.15, 0.2) is 123 Å². The van der Waals surface area contributed by atoms with Gasteiger partial charge in [0.15, 0.2) is 5.75 Å². The van der Waals surface area contributed by atoms with Gasteiger partial charge < -0.3 is 33.7 Å². The highest BCUT2D eigenvalue weighted by Gasteiger charge is 2.35. The zero-order chi connectivity index (χ0) is 58.0. The second kappa shape index (κ2) is 24.3. The first-order valence-electron chi connectivity index (χ1n) is 20.6. The van der Waals surface area contributed by atoms with Crippen LogP contribution in [0, 0.1) is 58.2 Å². The lowest BCUT2D eigenvalue weighted by Crippen LogP contribution is -2.14. The molecule has 8 aromatic carbocycles. The summed E-state index contributed by atoms with van der Waals surface area (Å²) in [6.07, 6.45) is -9.06. The summed E-state index contributed by atoms with van der Waals surface area (Å²) in [4.78, 5) is -1.22. The quantitative estimate of drug-likeness (QED) is 0.0415. The Balaban J connectivity index is 0.000000237. The van der Waals surface area contributed by atoms with E-state index in [-0.39, 0.29) is 34.3 Å². The van der Waals surface area contributed by atoms with E-state index in [0.717, 1.165) is 54.6 Å². The van der Waals surface area contributed by atoms with Crippen molar-refractivity contribution in [2.45, 2.75) is 22.1 Å². The molecular formula is C48H28BBrF16NO10S2. The zero-order valence-corrected chi connectivity index (χ0v) is 42.3. The fraction of sp³-hybridized carbons (Fsp3) is 0.0833. The van der Waals surface area contributed by atoms with E-state index in [4.69, 9.17) is 9.76 Å². The van der Waals surface area contributed by atoms with E-state index < -0.39 is 123 Å². The molecule has 79 heavy (non-hydrogen) atoms. The van der Waals surface area contributed by atoms with E-state index >= 15 is 0 Å². The van der Waals surface area contributed by atoms with Crippen molar-refractivity contribution in [2.75, 3.05) is 14.2 Å². The van der Waals surface area contributed by atoms with Crippen molar-refractivity contribution in [3.8, 4) is 39.9 Å². The van der Waals surface area contributed by atoms with Crippen LogP contribution in [0.5, 0.6) is 28.7 Å². The van der Waals surface area contributed by atoms with Crippen LogP contribution in [0.4, 0.5) is 70.2 Å². The van der Waals surface area contributed by atoms with Gasteiger partial charge in [-0.15, -0.1) is 0 Å². The first-order chi connectivity index (χ1) is 36.4. The normalized spacial score (nSPS) is 11.6. The van der Waals surface area contributed by atoms with E-state index in [9.17, 15) is 87.1 Å². The van der Waals surface area contributed by atoms with Crippen molar-refractivity contribution in [1.82, 2.24) is 6.15 Å². The molecule has 11 nitrogen and oxygen atoms in total. The van der Waals surface area contributed by atoms with E-state index in [0.29, 0.717) is 33.9 Å². The molecule has 0 aromatic heterocycles. The van der Waals surface area contributed by atoms with Gasteiger partial charge in [0.25, 0.3) is 0 Å². The van der Waals surface area contributed by atoms with Crippen molar-refractivity contribution in [3.05, 3.63) is 183 Å². The first-order valence-corrected chi connectivity index (χ1v) is 24.3. The predicted octanol–water partition coefficient (Wildman–Crippen LogP) is 13.8. The number of benzene rings is 8. The summed E-state index contributed by atoms with van der Waals surface area (Å²) >= 11 is 3.27. The molecule has 0 saturated heterocycles. The van der Waals surface area contributed by atoms with Gasteiger partial charge in [-0.2, -0.15) is 60.7 Å². The molecule has 0 spiro atoms. The molecule has 0 saturated carbocycles. The maximum atomic E-state index is 13.9. The summed E-state index contributed by atoms with van der Waals surface area (Å²) in [6, 6.07) is 21.6. The van der Waals surface area contributed by atoms with Crippen LogP contribution in [-0.4, -0.2) is 43.8 Å². The van der Waals surface area contributed by atoms with Crippen molar-refractivity contribution in [2.24, 2.45) is 0 Å². The molecule has 1 radical (unpaired) electrons. The minimum absolute atomic E-state index is 0. The molecular weight excluding hydrogens is 1210 g/mol. The Kier molecular flexibility index (Phi) is 19.2.